The lowest BCUT2D eigenvalue weighted by atomic mass is 10.2. The van der Waals surface area contributed by atoms with E-state index in [0.29, 0.717) is 17.3 Å². The van der Waals surface area contributed by atoms with Crippen LogP contribution in [0.3, 0.4) is 0 Å². The standard InChI is InChI=1S/C13H20N4/c1-10(2)17(3)7-6-16-13-5-4-11(9-14)8-12(13)15/h4-5,8,10,16H,6-7,15H2,1-3H3. The SMILES string of the molecule is CC(C)N(C)CCNc1ccc(C#N)cc1N. The molecule has 0 aliphatic carbocycles. The Bertz CT molecular complexity index is 406. The highest BCUT2D eigenvalue weighted by atomic mass is 15.1. The molecule has 92 valence electrons. The van der Waals surface area contributed by atoms with Gasteiger partial charge in [-0.3, -0.25) is 0 Å². The molecule has 0 amide bonds. The number of hydrogen-bond donors (Lipinski definition) is 2. The normalized spacial score (nSPS) is 10.6. The molecule has 0 unspecified atom stereocenters. The summed E-state index contributed by atoms with van der Waals surface area (Å²) in [6.07, 6.45) is 0. The quantitative estimate of drug-likeness (QED) is 0.761. The Morgan fingerprint density at radius 2 is 2.18 bits per heavy atom. The topological polar surface area (TPSA) is 65.1 Å². The summed E-state index contributed by atoms with van der Waals surface area (Å²) in [6, 6.07) is 7.91. The number of anilines is 2. The number of hydrogen-bond acceptors (Lipinski definition) is 4. The van der Waals surface area contributed by atoms with Crippen LogP contribution in [0.1, 0.15) is 19.4 Å². The monoisotopic (exact) mass is 232 g/mol. The molecule has 0 heterocycles. The summed E-state index contributed by atoms with van der Waals surface area (Å²) >= 11 is 0. The van der Waals surface area contributed by atoms with Crippen LogP contribution in [0.15, 0.2) is 18.2 Å². The van der Waals surface area contributed by atoms with Crippen molar-refractivity contribution >= 4 is 11.4 Å². The average molecular weight is 232 g/mol. The molecule has 0 atom stereocenters. The van der Waals surface area contributed by atoms with Gasteiger partial charge in [-0.1, -0.05) is 0 Å². The van der Waals surface area contributed by atoms with Crippen LogP contribution in [0.5, 0.6) is 0 Å². The van der Waals surface area contributed by atoms with Gasteiger partial charge in [-0.25, -0.2) is 0 Å². The van der Waals surface area contributed by atoms with Crippen LogP contribution in [-0.4, -0.2) is 31.1 Å². The first-order valence-corrected chi connectivity index (χ1v) is 5.78. The summed E-state index contributed by atoms with van der Waals surface area (Å²) in [5.41, 5.74) is 7.95. The van der Waals surface area contributed by atoms with Crippen LogP contribution < -0.4 is 11.1 Å². The van der Waals surface area contributed by atoms with Gasteiger partial charge < -0.3 is 16.0 Å². The molecule has 17 heavy (non-hydrogen) atoms. The van der Waals surface area contributed by atoms with E-state index in [1.165, 1.54) is 0 Å². The molecule has 0 saturated heterocycles. The first-order valence-electron chi connectivity index (χ1n) is 5.78. The largest absolute Gasteiger partial charge is 0.397 e. The molecule has 1 rings (SSSR count). The highest BCUT2D eigenvalue weighted by molar-refractivity contribution is 5.68. The summed E-state index contributed by atoms with van der Waals surface area (Å²) in [6.45, 7) is 6.12. The van der Waals surface area contributed by atoms with Crippen molar-refractivity contribution in [2.75, 3.05) is 31.2 Å². The van der Waals surface area contributed by atoms with E-state index in [-0.39, 0.29) is 0 Å². The number of nitriles is 1. The maximum Gasteiger partial charge on any atom is 0.0992 e. The fraction of sp³-hybridized carbons (Fsp3) is 0.462. The lowest BCUT2D eigenvalue weighted by Crippen LogP contribution is -2.31. The molecule has 3 N–H and O–H groups in total. The molecule has 4 nitrogen and oxygen atoms in total. The molecular weight excluding hydrogens is 212 g/mol. The third-order valence-corrected chi connectivity index (χ3v) is 2.84. The molecule has 0 aliphatic rings. The number of nitrogen functional groups attached to an aromatic ring is 1. The Balaban J connectivity index is 2.50. The van der Waals surface area contributed by atoms with E-state index in [4.69, 9.17) is 11.0 Å². The third-order valence-electron chi connectivity index (χ3n) is 2.84. The third kappa shape index (κ3) is 3.97. The Hall–Kier alpha value is -1.73. The predicted molar refractivity (Wildman–Crippen MR) is 71.8 cm³/mol. The van der Waals surface area contributed by atoms with E-state index >= 15 is 0 Å². The van der Waals surface area contributed by atoms with Gasteiger partial charge in [0.15, 0.2) is 0 Å². The van der Waals surface area contributed by atoms with Crippen LogP contribution in [0.4, 0.5) is 11.4 Å². The first-order chi connectivity index (χ1) is 8.04. The average Bonchev–Trinajstić information content (AvgIpc) is 2.30. The molecule has 1 aromatic rings. The number of nitrogens with zero attached hydrogens (tertiary/aromatic N) is 2. The van der Waals surface area contributed by atoms with Crippen LogP contribution in [0, 0.1) is 11.3 Å². The second-order valence-corrected chi connectivity index (χ2v) is 4.41. The van der Waals surface area contributed by atoms with Gasteiger partial charge in [0.2, 0.25) is 0 Å². The number of rotatable bonds is 5. The molecule has 0 aliphatic heterocycles. The number of nitrogens with one attached hydrogen (secondary N) is 1. The van der Waals surface area contributed by atoms with Crippen molar-refractivity contribution in [1.29, 1.82) is 5.26 Å². The van der Waals surface area contributed by atoms with Gasteiger partial charge in [-0.15, -0.1) is 0 Å². The summed E-state index contributed by atoms with van der Waals surface area (Å²) in [7, 11) is 2.09. The Morgan fingerprint density at radius 1 is 1.47 bits per heavy atom. The summed E-state index contributed by atoms with van der Waals surface area (Å²) in [5, 5.41) is 12.0. The summed E-state index contributed by atoms with van der Waals surface area (Å²) in [4.78, 5) is 2.26. The molecule has 0 fully saturated rings. The fourth-order valence-electron chi connectivity index (χ4n) is 1.42. The maximum absolute atomic E-state index is 8.73. The molecule has 0 aromatic heterocycles. The zero-order valence-electron chi connectivity index (χ0n) is 10.7. The Kier molecular flexibility index (Phi) is 4.80. The number of likely N-dealkylation sites (N-methyl/N-ethyl adjacent to an activating group) is 1. The second kappa shape index (κ2) is 6.12. The molecule has 1 aromatic carbocycles. The summed E-state index contributed by atoms with van der Waals surface area (Å²) in [5.74, 6) is 0. The Morgan fingerprint density at radius 3 is 2.71 bits per heavy atom. The van der Waals surface area contributed by atoms with Gasteiger partial charge in [-0.05, 0) is 39.1 Å². The van der Waals surface area contributed by atoms with E-state index in [1.54, 1.807) is 12.1 Å². The lowest BCUT2D eigenvalue weighted by Gasteiger charge is -2.21. The number of nitrogens with two attached hydrogens (primary N) is 1. The molecule has 0 radical (unpaired) electrons. The minimum atomic E-state index is 0.537. The maximum atomic E-state index is 8.73. The van der Waals surface area contributed by atoms with Crippen molar-refractivity contribution in [3.63, 3.8) is 0 Å². The van der Waals surface area contributed by atoms with Crippen molar-refractivity contribution in [2.45, 2.75) is 19.9 Å². The molecule has 0 spiro atoms. The van der Waals surface area contributed by atoms with Crippen molar-refractivity contribution in [2.24, 2.45) is 0 Å². The number of benzene rings is 1. The van der Waals surface area contributed by atoms with E-state index in [0.717, 1.165) is 18.8 Å². The van der Waals surface area contributed by atoms with E-state index in [2.05, 4.69) is 37.2 Å². The van der Waals surface area contributed by atoms with Gasteiger partial charge in [0.25, 0.3) is 0 Å². The second-order valence-electron chi connectivity index (χ2n) is 4.41. The van der Waals surface area contributed by atoms with Gasteiger partial charge in [0.05, 0.1) is 23.0 Å². The smallest absolute Gasteiger partial charge is 0.0992 e. The van der Waals surface area contributed by atoms with Crippen molar-refractivity contribution in [1.82, 2.24) is 4.90 Å². The Labute approximate surface area is 103 Å². The van der Waals surface area contributed by atoms with E-state index in [1.807, 2.05) is 6.07 Å². The lowest BCUT2D eigenvalue weighted by molar-refractivity contribution is 0.284. The van der Waals surface area contributed by atoms with Crippen molar-refractivity contribution < 1.29 is 0 Å². The van der Waals surface area contributed by atoms with Crippen molar-refractivity contribution in [3.8, 4) is 6.07 Å². The van der Waals surface area contributed by atoms with Gasteiger partial charge in [0, 0.05) is 19.1 Å². The van der Waals surface area contributed by atoms with Gasteiger partial charge >= 0.3 is 0 Å². The van der Waals surface area contributed by atoms with Crippen LogP contribution >= 0.6 is 0 Å². The zero-order chi connectivity index (χ0) is 12.8. The van der Waals surface area contributed by atoms with Gasteiger partial charge in [0.1, 0.15) is 0 Å². The highest BCUT2D eigenvalue weighted by Crippen LogP contribution is 2.19. The van der Waals surface area contributed by atoms with Crippen molar-refractivity contribution in [3.05, 3.63) is 23.8 Å². The highest BCUT2D eigenvalue weighted by Gasteiger charge is 2.03. The summed E-state index contributed by atoms with van der Waals surface area (Å²) < 4.78 is 0. The van der Waals surface area contributed by atoms with Crippen LogP contribution in [0.25, 0.3) is 0 Å². The van der Waals surface area contributed by atoms with Crippen LogP contribution in [0.2, 0.25) is 0 Å². The predicted octanol–water partition coefficient (Wildman–Crippen LogP) is 1.89. The molecule has 0 bridgehead atoms. The zero-order valence-corrected chi connectivity index (χ0v) is 10.7. The molecular formula is C13H20N4. The molecule has 0 saturated carbocycles. The van der Waals surface area contributed by atoms with Crippen LogP contribution in [-0.2, 0) is 0 Å². The van der Waals surface area contributed by atoms with E-state index < -0.39 is 0 Å². The fourth-order valence-corrected chi connectivity index (χ4v) is 1.42. The molecule has 4 heteroatoms. The minimum Gasteiger partial charge on any atom is -0.397 e. The minimum absolute atomic E-state index is 0.537. The van der Waals surface area contributed by atoms with E-state index in [9.17, 15) is 0 Å². The first kappa shape index (κ1) is 13.3. The van der Waals surface area contributed by atoms with Gasteiger partial charge in [-0.2, -0.15) is 5.26 Å².